The molecule has 1 atom stereocenters. The van der Waals surface area contributed by atoms with Crippen molar-refractivity contribution in [1.82, 2.24) is 0 Å². The van der Waals surface area contributed by atoms with Crippen molar-refractivity contribution in [3.05, 3.63) is 71.3 Å². The van der Waals surface area contributed by atoms with Crippen LogP contribution < -0.4 is 0 Å². The topological polar surface area (TPSA) is 34.1 Å². The fourth-order valence-corrected chi connectivity index (χ4v) is 3.05. The molecule has 0 fully saturated rings. The van der Waals surface area contributed by atoms with Crippen molar-refractivity contribution in [3.63, 3.8) is 0 Å². The second-order valence-corrected chi connectivity index (χ2v) is 5.55. The van der Waals surface area contributed by atoms with E-state index in [2.05, 4.69) is 0 Å². The number of hydrogen-bond donors (Lipinski definition) is 0. The smallest absolute Gasteiger partial charge is 0.194 e. The summed E-state index contributed by atoms with van der Waals surface area (Å²) >= 11 is 0. The minimum atomic E-state index is -4.69. The van der Waals surface area contributed by atoms with Gasteiger partial charge in [0.15, 0.2) is 0 Å². The summed E-state index contributed by atoms with van der Waals surface area (Å²) in [6.45, 7) is 1.77. The Morgan fingerprint density at radius 1 is 0.944 bits per heavy atom. The number of halogens is 1. The third-order valence-electron chi connectivity index (χ3n) is 2.85. The van der Waals surface area contributed by atoms with Gasteiger partial charge in [-0.3, -0.25) is 0 Å². The monoisotopic (exact) mass is 264 g/mol. The van der Waals surface area contributed by atoms with Crippen molar-refractivity contribution in [3.8, 4) is 0 Å². The number of hydrogen-bond acceptors (Lipinski definition) is 2. The first kappa shape index (κ1) is 12.8. The number of rotatable bonds is 3. The van der Waals surface area contributed by atoms with E-state index in [9.17, 15) is 12.3 Å². The summed E-state index contributed by atoms with van der Waals surface area (Å²) in [4.78, 5) is 0. The van der Waals surface area contributed by atoms with Gasteiger partial charge in [-0.15, -0.1) is 3.89 Å². The van der Waals surface area contributed by atoms with Crippen LogP contribution >= 0.6 is 0 Å². The molecule has 0 aliphatic rings. The standard InChI is InChI=1S/C14H13FO2S/c1-11-7-5-6-10-13(11)14(18(15,16)17)12-8-3-2-4-9-12/h2-10,14H,1H3. The second-order valence-electron chi connectivity index (χ2n) is 4.12. The first-order valence-corrected chi connectivity index (χ1v) is 6.99. The summed E-state index contributed by atoms with van der Waals surface area (Å²) in [5.41, 5.74) is 1.67. The summed E-state index contributed by atoms with van der Waals surface area (Å²) in [5, 5.41) is -1.25. The van der Waals surface area contributed by atoms with Crippen LogP contribution in [0.2, 0.25) is 0 Å². The molecule has 94 valence electrons. The van der Waals surface area contributed by atoms with Gasteiger partial charge in [-0.25, -0.2) is 0 Å². The molecule has 2 rings (SSSR count). The van der Waals surface area contributed by atoms with E-state index in [4.69, 9.17) is 0 Å². The molecule has 0 aliphatic carbocycles. The van der Waals surface area contributed by atoms with E-state index in [1.807, 2.05) is 0 Å². The molecule has 0 saturated heterocycles. The highest BCUT2D eigenvalue weighted by molar-refractivity contribution is 7.86. The Bertz CT molecular complexity index is 636. The van der Waals surface area contributed by atoms with Crippen LogP contribution in [0.25, 0.3) is 0 Å². The van der Waals surface area contributed by atoms with Crippen molar-refractivity contribution in [2.75, 3.05) is 0 Å². The minimum absolute atomic E-state index is 0.439. The maximum Gasteiger partial charge on any atom is 0.313 e. The van der Waals surface area contributed by atoms with E-state index in [1.54, 1.807) is 61.5 Å². The van der Waals surface area contributed by atoms with Gasteiger partial charge in [0.05, 0.1) is 0 Å². The van der Waals surface area contributed by atoms with Crippen LogP contribution in [0.1, 0.15) is 21.9 Å². The van der Waals surface area contributed by atoms with Gasteiger partial charge in [0.25, 0.3) is 0 Å². The van der Waals surface area contributed by atoms with Crippen LogP contribution in [0.4, 0.5) is 3.89 Å². The predicted molar refractivity (Wildman–Crippen MR) is 69.5 cm³/mol. The first-order chi connectivity index (χ1) is 8.50. The summed E-state index contributed by atoms with van der Waals surface area (Å²) in [7, 11) is -4.69. The normalized spacial score (nSPS) is 13.2. The highest BCUT2D eigenvalue weighted by atomic mass is 32.3. The molecule has 2 aromatic carbocycles. The molecule has 4 heteroatoms. The highest BCUT2D eigenvalue weighted by Gasteiger charge is 2.29. The lowest BCUT2D eigenvalue weighted by molar-refractivity contribution is 0.543. The van der Waals surface area contributed by atoms with Crippen molar-refractivity contribution >= 4 is 10.2 Å². The molecule has 18 heavy (non-hydrogen) atoms. The Kier molecular flexibility index (Phi) is 3.48. The zero-order valence-corrected chi connectivity index (χ0v) is 10.7. The van der Waals surface area contributed by atoms with Gasteiger partial charge in [-0.05, 0) is 23.6 Å². The van der Waals surface area contributed by atoms with E-state index in [0.29, 0.717) is 11.1 Å². The molecular weight excluding hydrogens is 251 g/mol. The first-order valence-electron chi connectivity index (χ1n) is 5.54. The SMILES string of the molecule is Cc1ccccc1C(c1ccccc1)S(=O)(=O)F. The Morgan fingerprint density at radius 3 is 2.06 bits per heavy atom. The zero-order valence-electron chi connectivity index (χ0n) is 9.88. The zero-order chi connectivity index (χ0) is 13.2. The lowest BCUT2D eigenvalue weighted by Crippen LogP contribution is -2.11. The number of aryl methyl sites for hydroxylation is 1. The van der Waals surface area contributed by atoms with Gasteiger partial charge in [0.1, 0.15) is 5.25 Å². The Hall–Kier alpha value is -1.68. The third-order valence-corrected chi connectivity index (χ3v) is 3.94. The molecule has 0 aliphatic heterocycles. The van der Waals surface area contributed by atoms with E-state index < -0.39 is 15.5 Å². The fraction of sp³-hybridized carbons (Fsp3) is 0.143. The second kappa shape index (κ2) is 4.90. The minimum Gasteiger partial charge on any atom is -0.194 e. The molecule has 0 aromatic heterocycles. The molecule has 0 N–H and O–H groups in total. The van der Waals surface area contributed by atoms with E-state index in [0.717, 1.165) is 5.56 Å². The largest absolute Gasteiger partial charge is 0.313 e. The van der Waals surface area contributed by atoms with Gasteiger partial charge in [-0.1, -0.05) is 54.6 Å². The quantitative estimate of drug-likeness (QED) is 0.796. The molecule has 0 spiro atoms. The van der Waals surface area contributed by atoms with E-state index >= 15 is 0 Å². The van der Waals surface area contributed by atoms with Crippen LogP contribution in [0.3, 0.4) is 0 Å². The van der Waals surface area contributed by atoms with Gasteiger partial charge in [0, 0.05) is 0 Å². The molecule has 0 radical (unpaired) electrons. The van der Waals surface area contributed by atoms with Gasteiger partial charge < -0.3 is 0 Å². The van der Waals surface area contributed by atoms with Gasteiger partial charge in [-0.2, -0.15) is 8.42 Å². The lowest BCUT2D eigenvalue weighted by Gasteiger charge is -2.15. The lowest BCUT2D eigenvalue weighted by atomic mass is 10.0. The molecule has 2 aromatic rings. The maximum atomic E-state index is 13.6. The molecule has 0 bridgehead atoms. The highest BCUT2D eigenvalue weighted by Crippen LogP contribution is 2.33. The predicted octanol–water partition coefficient (Wildman–Crippen LogP) is 3.38. The van der Waals surface area contributed by atoms with Gasteiger partial charge in [0.2, 0.25) is 0 Å². The fourth-order valence-electron chi connectivity index (χ4n) is 2.00. The molecular formula is C14H13FO2S. The van der Waals surface area contributed by atoms with E-state index in [-0.39, 0.29) is 0 Å². The molecule has 0 amide bonds. The Balaban J connectivity index is 2.63. The molecule has 2 nitrogen and oxygen atoms in total. The molecule has 1 unspecified atom stereocenters. The van der Waals surface area contributed by atoms with Crippen LogP contribution in [0.15, 0.2) is 54.6 Å². The summed E-state index contributed by atoms with van der Waals surface area (Å²) in [5.74, 6) is 0. The molecule has 0 heterocycles. The Labute approximate surface area is 106 Å². The van der Waals surface area contributed by atoms with Crippen LogP contribution in [-0.2, 0) is 10.2 Å². The average molecular weight is 264 g/mol. The van der Waals surface area contributed by atoms with Crippen LogP contribution in [-0.4, -0.2) is 8.42 Å². The van der Waals surface area contributed by atoms with Crippen molar-refractivity contribution in [2.24, 2.45) is 0 Å². The maximum absolute atomic E-state index is 13.6. The van der Waals surface area contributed by atoms with Crippen LogP contribution in [0, 0.1) is 6.92 Å². The van der Waals surface area contributed by atoms with Crippen molar-refractivity contribution in [2.45, 2.75) is 12.2 Å². The summed E-state index contributed by atoms with van der Waals surface area (Å²) in [6, 6.07) is 15.3. The summed E-state index contributed by atoms with van der Waals surface area (Å²) < 4.78 is 36.4. The third kappa shape index (κ3) is 2.59. The van der Waals surface area contributed by atoms with E-state index in [1.165, 1.54) is 0 Å². The molecule has 0 saturated carbocycles. The Morgan fingerprint density at radius 2 is 1.50 bits per heavy atom. The van der Waals surface area contributed by atoms with Crippen molar-refractivity contribution in [1.29, 1.82) is 0 Å². The van der Waals surface area contributed by atoms with Gasteiger partial charge >= 0.3 is 10.2 Å². The summed E-state index contributed by atoms with van der Waals surface area (Å²) in [6.07, 6.45) is 0. The van der Waals surface area contributed by atoms with Crippen molar-refractivity contribution < 1.29 is 12.3 Å². The average Bonchev–Trinajstić information content (AvgIpc) is 2.32. The number of benzene rings is 2. The van der Waals surface area contributed by atoms with Crippen LogP contribution in [0.5, 0.6) is 0 Å².